The van der Waals surface area contributed by atoms with Crippen molar-refractivity contribution in [2.24, 2.45) is 0 Å². The van der Waals surface area contributed by atoms with Gasteiger partial charge in [0.1, 0.15) is 13.2 Å². The van der Waals surface area contributed by atoms with E-state index < -0.39 is 6.10 Å². The second-order valence-corrected chi connectivity index (χ2v) is 17.3. The lowest BCUT2D eigenvalue weighted by atomic mass is 10.1. The first kappa shape index (κ1) is 62.5. The van der Waals surface area contributed by atoms with Gasteiger partial charge in [0.2, 0.25) is 0 Å². The van der Waals surface area contributed by atoms with E-state index >= 15 is 0 Å². The highest BCUT2D eigenvalue weighted by Gasteiger charge is 2.19. The van der Waals surface area contributed by atoms with Gasteiger partial charge in [-0.3, -0.25) is 14.4 Å². The van der Waals surface area contributed by atoms with E-state index in [1.807, 2.05) is 60.8 Å². The molecule has 1 atom stereocenters. The average molecular weight is 925 g/mol. The zero-order valence-corrected chi connectivity index (χ0v) is 42.9. The molecular formula is C61H96O6. The molecule has 0 radical (unpaired) electrons. The molecule has 0 N–H and O–H groups in total. The maximum atomic E-state index is 12.8. The fraction of sp³-hybridized carbons (Fsp3) is 0.590. The molecule has 0 bridgehead atoms. The van der Waals surface area contributed by atoms with Crippen LogP contribution in [0.2, 0.25) is 0 Å². The van der Waals surface area contributed by atoms with Crippen molar-refractivity contribution in [1.82, 2.24) is 0 Å². The molecule has 1 unspecified atom stereocenters. The normalized spacial score (nSPS) is 13.2. The quantitative estimate of drug-likeness (QED) is 0.0262. The van der Waals surface area contributed by atoms with Crippen molar-refractivity contribution in [2.45, 2.75) is 219 Å². The number of hydrogen-bond acceptors (Lipinski definition) is 6. The number of carbonyl (C=O) groups excluding carboxylic acids is 3. The summed E-state index contributed by atoms with van der Waals surface area (Å²) in [5, 5.41) is 0. The number of allylic oxidation sites excluding steroid dienone is 22. The third-order valence-corrected chi connectivity index (χ3v) is 10.8. The van der Waals surface area contributed by atoms with Crippen LogP contribution in [0.1, 0.15) is 213 Å². The highest BCUT2D eigenvalue weighted by atomic mass is 16.6. The molecule has 376 valence electrons. The molecule has 6 heteroatoms. The van der Waals surface area contributed by atoms with Gasteiger partial charge in [-0.2, -0.15) is 0 Å². The van der Waals surface area contributed by atoms with Crippen molar-refractivity contribution in [3.63, 3.8) is 0 Å². The van der Waals surface area contributed by atoms with Crippen molar-refractivity contribution in [1.29, 1.82) is 0 Å². The van der Waals surface area contributed by atoms with Gasteiger partial charge in [0.05, 0.1) is 0 Å². The Bertz CT molecular complexity index is 1480. The number of esters is 3. The lowest BCUT2D eigenvalue weighted by Crippen LogP contribution is -2.30. The van der Waals surface area contributed by atoms with Crippen LogP contribution in [0.15, 0.2) is 134 Å². The van der Waals surface area contributed by atoms with E-state index in [-0.39, 0.29) is 37.5 Å². The molecule has 0 aliphatic rings. The van der Waals surface area contributed by atoms with E-state index in [2.05, 4.69) is 93.7 Å². The van der Waals surface area contributed by atoms with Crippen molar-refractivity contribution in [3.05, 3.63) is 134 Å². The summed E-state index contributed by atoms with van der Waals surface area (Å²) in [6.07, 6.45) is 75.7. The molecule has 0 aliphatic carbocycles. The number of ether oxygens (including phenoxy) is 3. The van der Waals surface area contributed by atoms with Gasteiger partial charge in [0.15, 0.2) is 6.10 Å². The Morgan fingerprint density at radius 3 is 1.00 bits per heavy atom. The number of hydrogen-bond donors (Lipinski definition) is 0. The molecule has 0 saturated heterocycles. The maximum Gasteiger partial charge on any atom is 0.306 e. The Labute approximate surface area is 411 Å². The number of rotatable bonds is 46. The Hall–Kier alpha value is -4.45. The largest absolute Gasteiger partial charge is 0.462 e. The molecule has 0 spiro atoms. The summed E-state index contributed by atoms with van der Waals surface area (Å²) in [6, 6.07) is 0. The fourth-order valence-corrected chi connectivity index (χ4v) is 6.83. The van der Waals surface area contributed by atoms with Crippen LogP contribution in [-0.2, 0) is 28.6 Å². The Kier molecular flexibility index (Phi) is 50.6. The smallest absolute Gasteiger partial charge is 0.306 e. The van der Waals surface area contributed by atoms with E-state index in [1.54, 1.807) is 0 Å². The zero-order chi connectivity index (χ0) is 48.6. The molecule has 0 aliphatic heterocycles. The van der Waals surface area contributed by atoms with Crippen molar-refractivity contribution < 1.29 is 28.6 Å². The molecular weight excluding hydrogens is 829 g/mol. The van der Waals surface area contributed by atoms with Crippen LogP contribution >= 0.6 is 0 Å². The van der Waals surface area contributed by atoms with Gasteiger partial charge in [-0.25, -0.2) is 0 Å². The lowest BCUT2D eigenvalue weighted by molar-refractivity contribution is -0.167. The van der Waals surface area contributed by atoms with E-state index in [1.165, 1.54) is 51.4 Å². The van der Waals surface area contributed by atoms with Crippen LogP contribution < -0.4 is 0 Å². The van der Waals surface area contributed by atoms with Crippen LogP contribution in [-0.4, -0.2) is 37.2 Å². The molecule has 0 aromatic rings. The highest BCUT2D eigenvalue weighted by molar-refractivity contribution is 5.71. The van der Waals surface area contributed by atoms with Crippen molar-refractivity contribution in [2.75, 3.05) is 13.2 Å². The third kappa shape index (κ3) is 52.4. The molecule has 67 heavy (non-hydrogen) atoms. The van der Waals surface area contributed by atoms with E-state index in [4.69, 9.17) is 14.2 Å². The zero-order valence-electron chi connectivity index (χ0n) is 42.9. The van der Waals surface area contributed by atoms with Crippen LogP contribution in [0.3, 0.4) is 0 Å². The molecule has 0 aromatic heterocycles. The topological polar surface area (TPSA) is 78.9 Å². The van der Waals surface area contributed by atoms with Gasteiger partial charge in [0, 0.05) is 19.3 Å². The van der Waals surface area contributed by atoms with Crippen LogP contribution in [0.5, 0.6) is 0 Å². The Morgan fingerprint density at radius 1 is 0.313 bits per heavy atom. The van der Waals surface area contributed by atoms with E-state index in [0.29, 0.717) is 12.8 Å². The SMILES string of the molecule is CC\C=C/C=C\C=C/C=C\CCCCCCCC(=O)OCC(COC(=O)CCCCCCC\C=C/C=C\C=C/C=C\C=C/CCC)OC(=O)CCCCC/C=C\C=C/CCCCCCCCC. The molecule has 0 heterocycles. The molecule has 0 fully saturated rings. The van der Waals surface area contributed by atoms with Crippen LogP contribution in [0.25, 0.3) is 0 Å². The van der Waals surface area contributed by atoms with Gasteiger partial charge in [-0.1, -0.05) is 244 Å². The number of unbranched alkanes of at least 4 members (excludes halogenated alkanes) is 21. The molecule has 0 rings (SSSR count). The fourth-order valence-electron chi connectivity index (χ4n) is 6.83. The second kappa shape index (κ2) is 54.2. The summed E-state index contributed by atoms with van der Waals surface area (Å²) in [4.78, 5) is 38.1. The van der Waals surface area contributed by atoms with Gasteiger partial charge < -0.3 is 14.2 Å². The van der Waals surface area contributed by atoms with Gasteiger partial charge in [0.25, 0.3) is 0 Å². The molecule has 0 aromatic carbocycles. The maximum absolute atomic E-state index is 12.8. The minimum absolute atomic E-state index is 0.115. The summed E-state index contributed by atoms with van der Waals surface area (Å²) in [5.74, 6) is -0.995. The van der Waals surface area contributed by atoms with Crippen molar-refractivity contribution >= 4 is 17.9 Å². The van der Waals surface area contributed by atoms with Crippen molar-refractivity contribution in [3.8, 4) is 0 Å². The Morgan fingerprint density at radius 2 is 0.612 bits per heavy atom. The standard InChI is InChI=1S/C61H96O6/c1-4-7-10-13-16-19-22-25-28-30-31-34-36-39-42-45-48-51-54-60(63)66-57-58(56-65-59(62)53-50-47-44-41-38-35-32-27-24-21-18-15-12-9-6-3)67-61(64)55-52-49-46-43-40-37-33-29-26-23-20-17-14-11-8-5-2/h9-10,12-13,15-16,18-19,21-22,24-25,27-34,37,40,58H,4-8,11,14,17,20,23,26,35-36,38-39,41-57H2,1-3H3/b12-9-,13-10-,18-15-,19-16-,24-21-,25-22-,30-28-,32-27-,33-29-,34-31-,40-37-. The predicted molar refractivity (Wildman–Crippen MR) is 288 cm³/mol. The summed E-state index contributed by atoms with van der Waals surface area (Å²) in [7, 11) is 0. The minimum atomic E-state index is -0.818. The monoisotopic (exact) mass is 925 g/mol. The minimum Gasteiger partial charge on any atom is -0.462 e. The summed E-state index contributed by atoms with van der Waals surface area (Å²) >= 11 is 0. The summed E-state index contributed by atoms with van der Waals surface area (Å²) in [5.41, 5.74) is 0. The van der Waals surface area contributed by atoms with Gasteiger partial charge in [-0.05, 0) is 83.5 Å². The third-order valence-electron chi connectivity index (χ3n) is 10.8. The van der Waals surface area contributed by atoms with E-state index in [9.17, 15) is 14.4 Å². The first-order chi connectivity index (χ1) is 33.0. The predicted octanol–water partition coefficient (Wildman–Crippen LogP) is 17.9. The molecule has 6 nitrogen and oxygen atoms in total. The van der Waals surface area contributed by atoms with Gasteiger partial charge in [-0.15, -0.1) is 0 Å². The lowest BCUT2D eigenvalue weighted by Gasteiger charge is -2.18. The first-order valence-electron chi connectivity index (χ1n) is 26.8. The summed E-state index contributed by atoms with van der Waals surface area (Å²) in [6.45, 7) is 6.33. The van der Waals surface area contributed by atoms with Crippen LogP contribution in [0.4, 0.5) is 0 Å². The number of carbonyl (C=O) groups is 3. The molecule has 0 amide bonds. The highest BCUT2D eigenvalue weighted by Crippen LogP contribution is 2.13. The van der Waals surface area contributed by atoms with E-state index in [0.717, 1.165) is 122 Å². The van der Waals surface area contributed by atoms with Gasteiger partial charge >= 0.3 is 17.9 Å². The second-order valence-electron chi connectivity index (χ2n) is 17.3. The summed E-state index contributed by atoms with van der Waals surface area (Å²) < 4.78 is 16.8. The average Bonchev–Trinajstić information content (AvgIpc) is 3.33. The Balaban J connectivity index is 4.56. The first-order valence-corrected chi connectivity index (χ1v) is 26.8. The molecule has 0 saturated carbocycles. The van der Waals surface area contributed by atoms with Crippen LogP contribution in [0, 0.1) is 0 Å².